The van der Waals surface area contributed by atoms with Crippen LogP contribution in [0.5, 0.6) is 0 Å². The Morgan fingerprint density at radius 2 is 2.10 bits per heavy atom. The molecule has 1 nitrogen and oxygen atoms in total. The second-order valence-corrected chi connectivity index (χ2v) is 1.70. The van der Waals surface area contributed by atoms with Crippen molar-refractivity contribution in [2.75, 3.05) is 0 Å². The van der Waals surface area contributed by atoms with Gasteiger partial charge in [0.1, 0.15) is 12.1 Å². The topological polar surface area (TPSA) is 17.1 Å². The number of carbonyl (C=O) groups excluding carboxylic acids is 1. The van der Waals surface area contributed by atoms with Gasteiger partial charge in [0.2, 0.25) is 0 Å². The molecule has 0 aliphatic heterocycles. The molecule has 0 saturated heterocycles. The molecule has 0 unspecified atom stereocenters. The van der Waals surface area contributed by atoms with E-state index in [9.17, 15) is 9.18 Å². The first kappa shape index (κ1) is 8.82. The Labute approximate surface area is 59.6 Å². The molecule has 0 aliphatic carbocycles. The standard InChI is InChI=1S/C8H9FO/c1-3-8(9)5-4-7(2)6-10/h3-6H,2H2,1H3/b5-4-,8-3+. The van der Waals surface area contributed by atoms with E-state index in [1.54, 1.807) is 6.92 Å². The lowest BCUT2D eigenvalue weighted by Gasteiger charge is -1.82. The van der Waals surface area contributed by atoms with Gasteiger partial charge in [-0.1, -0.05) is 12.7 Å². The minimum Gasteiger partial charge on any atom is -0.298 e. The third-order valence-electron chi connectivity index (χ3n) is 0.884. The van der Waals surface area contributed by atoms with Crippen LogP contribution in [0.4, 0.5) is 4.39 Å². The minimum absolute atomic E-state index is 0.261. The number of hydrogen-bond donors (Lipinski definition) is 0. The molecule has 0 amide bonds. The van der Waals surface area contributed by atoms with Crippen molar-refractivity contribution >= 4 is 6.29 Å². The molecule has 0 spiro atoms. The van der Waals surface area contributed by atoms with Crippen LogP contribution in [0.1, 0.15) is 6.92 Å². The summed E-state index contributed by atoms with van der Waals surface area (Å²) in [4.78, 5) is 9.91. The second-order valence-electron chi connectivity index (χ2n) is 1.70. The van der Waals surface area contributed by atoms with Gasteiger partial charge in [-0.25, -0.2) is 4.39 Å². The van der Waals surface area contributed by atoms with Gasteiger partial charge in [-0.2, -0.15) is 0 Å². The summed E-state index contributed by atoms with van der Waals surface area (Å²) in [7, 11) is 0. The van der Waals surface area contributed by atoms with E-state index in [0.717, 1.165) is 0 Å². The van der Waals surface area contributed by atoms with Crippen molar-refractivity contribution in [3.63, 3.8) is 0 Å². The molecule has 0 aromatic heterocycles. The van der Waals surface area contributed by atoms with Crippen LogP contribution in [-0.2, 0) is 4.79 Å². The summed E-state index contributed by atoms with van der Waals surface area (Å²) < 4.78 is 12.2. The number of halogens is 1. The van der Waals surface area contributed by atoms with Gasteiger partial charge in [0.15, 0.2) is 0 Å². The zero-order chi connectivity index (χ0) is 7.98. The van der Waals surface area contributed by atoms with Crippen molar-refractivity contribution in [1.29, 1.82) is 0 Å². The summed E-state index contributed by atoms with van der Waals surface area (Å²) >= 11 is 0. The van der Waals surface area contributed by atoms with Crippen molar-refractivity contribution in [2.45, 2.75) is 6.92 Å². The van der Waals surface area contributed by atoms with Crippen molar-refractivity contribution < 1.29 is 9.18 Å². The quantitative estimate of drug-likeness (QED) is 0.333. The molecule has 0 bridgehead atoms. The molecular weight excluding hydrogens is 131 g/mol. The average molecular weight is 140 g/mol. The first-order valence-corrected chi connectivity index (χ1v) is 2.84. The molecule has 0 rings (SSSR count). The van der Waals surface area contributed by atoms with E-state index in [0.29, 0.717) is 6.29 Å². The van der Waals surface area contributed by atoms with Gasteiger partial charge >= 0.3 is 0 Å². The number of hydrogen-bond acceptors (Lipinski definition) is 1. The smallest absolute Gasteiger partial charge is 0.149 e. The Kier molecular flexibility index (Phi) is 4.12. The maximum atomic E-state index is 12.2. The molecule has 0 aromatic rings. The van der Waals surface area contributed by atoms with E-state index < -0.39 is 0 Å². The zero-order valence-corrected chi connectivity index (χ0v) is 5.80. The SMILES string of the molecule is C=C(C=O)/C=C\C(F)=C/C. The maximum absolute atomic E-state index is 12.2. The fraction of sp³-hybridized carbons (Fsp3) is 0.125. The van der Waals surface area contributed by atoms with Crippen LogP contribution in [0.2, 0.25) is 0 Å². The summed E-state index contributed by atoms with van der Waals surface area (Å²) in [5.41, 5.74) is 0.261. The predicted octanol–water partition coefficient (Wildman–Crippen LogP) is 2.17. The lowest BCUT2D eigenvalue weighted by Crippen LogP contribution is -1.73. The van der Waals surface area contributed by atoms with Gasteiger partial charge < -0.3 is 0 Å². The van der Waals surface area contributed by atoms with Crippen LogP contribution >= 0.6 is 0 Å². The maximum Gasteiger partial charge on any atom is 0.149 e. The van der Waals surface area contributed by atoms with Crippen LogP contribution in [-0.4, -0.2) is 6.29 Å². The lowest BCUT2D eigenvalue weighted by molar-refractivity contribution is -0.104. The molecule has 0 saturated carbocycles. The van der Waals surface area contributed by atoms with Gasteiger partial charge in [0.25, 0.3) is 0 Å². The third-order valence-corrected chi connectivity index (χ3v) is 0.884. The van der Waals surface area contributed by atoms with E-state index in [2.05, 4.69) is 6.58 Å². The Balaban J connectivity index is 4.00. The highest BCUT2D eigenvalue weighted by Crippen LogP contribution is 1.99. The summed E-state index contributed by atoms with van der Waals surface area (Å²) in [6.07, 6.45) is 4.38. The van der Waals surface area contributed by atoms with Gasteiger partial charge in [0, 0.05) is 5.57 Å². The molecule has 0 N–H and O–H groups in total. The summed E-state index contributed by atoms with van der Waals surface area (Å²) in [6.45, 7) is 4.90. The number of aldehydes is 1. The van der Waals surface area contributed by atoms with Crippen LogP contribution in [0.25, 0.3) is 0 Å². The summed E-state index contributed by atoms with van der Waals surface area (Å²) in [5, 5.41) is 0. The fourth-order valence-electron chi connectivity index (χ4n) is 0.322. The molecule has 0 aromatic carbocycles. The van der Waals surface area contributed by atoms with Crippen LogP contribution in [0.15, 0.2) is 36.2 Å². The average Bonchev–Trinajstić information content (AvgIpc) is 1.99. The van der Waals surface area contributed by atoms with Crippen molar-refractivity contribution in [1.82, 2.24) is 0 Å². The van der Waals surface area contributed by atoms with E-state index >= 15 is 0 Å². The molecule has 0 atom stereocenters. The summed E-state index contributed by atoms with van der Waals surface area (Å²) in [5.74, 6) is -0.372. The Bertz CT molecular complexity index is 185. The number of rotatable bonds is 3. The Morgan fingerprint density at radius 3 is 2.50 bits per heavy atom. The second kappa shape index (κ2) is 4.68. The van der Waals surface area contributed by atoms with Gasteiger partial charge in [0.05, 0.1) is 0 Å². The van der Waals surface area contributed by atoms with Gasteiger partial charge in [-0.3, -0.25) is 4.79 Å². The third kappa shape index (κ3) is 3.78. The normalized spacial score (nSPS) is 12.0. The zero-order valence-electron chi connectivity index (χ0n) is 5.80. The van der Waals surface area contributed by atoms with E-state index in [-0.39, 0.29) is 11.4 Å². The fourth-order valence-corrected chi connectivity index (χ4v) is 0.322. The Hall–Kier alpha value is -1.18. The van der Waals surface area contributed by atoms with Crippen molar-refractivity contribution in [3.05, 3.63) is 36.2 Å². The van der Waals surface area contributed by atoms with Gasteiger partial charge in [-0.15, -0.1) is 0 Å². The molecule has 10 heavy (non-hydrogen) atoms. The molecular formula is C8H9FO. The van der Waals surface area contributed by atoms with Crippen LogP contribution in [0, 0.1) is 0 Å². The number of carbonyl (C=O) groups is 1. The molecule has 54 valence electrons. The largest absolute Gasteiger partial charge is 0.298 e. The molecule has 0 heterocycles. The minimum atomic E-state index is -0.372. The highest BCUT2D eigenvalue weighted by molar-refractivity contribution is 5.76. The van der Waals surface area contributed by atoms with Crippen LogP contribution < -0.4 is 0 Å². The predicted molar refractivity (Wildman–Crippen MR) is 39.2 cm³/mol. The van der Waals surface area contributed by atoms with Gasteiger partial charge in [-0.05, 0) is 19.1 Å². The van der Waals surface area contributed by atoms with Crippen molar-refractivity contribution in [2.24, 2.45) is 0 Å². The highest BCUT2D eigenvalue weighted by atomic mass is 19.1. The van der Waals surface area contributed by atoms with Crippen LogP contribution in [0.3, 0.4) is 0 Å². The molecule has 0 aliphatic rings. The van der Waals surface area contributed by atoms with E-state index in [1.165, 1.54) is 18.2 Å². The first-order valence-electron chi connectivity index (χ1n) is 2.84. The van der Waals surface area contributed by atoms with E-state index in [1.807, 2.05) is 0 Å². The molecule has 0 fully saturated rings. The van der Waals surface area contributed by atoms with Crippen molar-refractivity contribution in [3.8, 4) is 0 Å². The Morgan fingerprint density at radius 1 is 1.50 bits per heavy atom. The monoisotopic (exact) mass is 140 g/mol. The molecule has 0 radical (unpaired) electrons. The summed E-state index contributed by atoms with van der Waals surface area (Å²) in [6, 6.07) is 0. The number of allylic oxidation sites excluding steroid dienone is 5. The first-order chi connectivity index (χ1) is 4.70. The lowest BCUT2D eigenvalue weighted by atomic mass is 10.3. The van der Waals surface area contributed by atoms with E-state index in [4.69, 9.17) is 0 Å². The highest BCUT2D eigenvalue weighted by Gasteiger charge is 1.84. The molecule has 2 heteroatoms.